The van der Waals surface area contributed by atoms with Crippen LogP contribution in [0.25, 0.3) is 0 Å². The fourth-order valence-corrected chi connectivity index (χ4v) is 6.73. The highest BCUT2D eigenvalue weighted by atomic mass is 35.5. The van der Waals surface area contributed by atoms with Gasteiger partial charge >= 0.3 is 0 Å². The Morgan fingerprint density at radius 3 is 2.27 bits per heavy atom. The number of carbonyl (C=O) groups excluding carboxylic acids is 1. The van der Waals surface area contributed by atoms with Crippen molar-refractivity contribution in [3.63, 3.8) is 0 Å². The molecule has 0 atom stereocenters. The number of benzene rings is 2. The van der Waals surface area contributed by atoms with E-state index in [1.54, 1.807) is 12.1 Å². The van der Waals surface area contributed by atoms with E-state index in [-0.39, 0.29) is 57.8 Å². The third kappa shape index (κ3) is 6.46. The highest BCUT2D eigenvalue weighted by Crippen LogP contribution is 2.30. The van der Waals surface area contributed by atoms with Crippen LogP contribution in [-0.2, 0) is 24.8 Å². The first-order valence-corrected chi connectivity index (χ1v) is 14.0. The Bertz CT molecular complexity index is 1210. The first kappa shape index (κ1) is 25.9. The van der Waals surface area contributed by atoms with Gasteiger partial charge in [-0.25, -0.2) is 21.6 Å². The fraction of sp³-hybridized carbons (Fsp3) is 0.381. The second kappa shape index (κ2) is 10.7. The van der Waals surface area contributed by atoms with Crippen molar-refractivity contribution in [2.45, 2.75) is 29.6 Å². The summed E-state index contributed by atoms with van der Waals surface area (Å²) in [5, 5.41) is 3.07. The van der Waals surface area contributed by atoms with Gasteiger partial charge in [0.1, 0.15) is 4.90 Å². The standard InChI is InChI=1S/C21H25Cl2N3O5S2/c1-15-2-5-18(6-3-15)32(28,29)25-11-10-24-21(27)16-8-12-26(13-9-16)33(30,31)20-14-17(22)4-7-19(20)23/h2-7,14,16,25H,8-13H2,1H3,(H,24,27). The van der Waals surface area contributed by atoms with E-state index in [0.29, 0.717) is 12.8 Å². The minimum Gasteiger partial charge on any atom is -0.355 e. The van der Waals surface area contributed by atoms with Gasteiger partial charge in [0.25, 0.3) is 0 Å². The molecule has 12 heteroatoms. The maximum Gasteiger partial charge on any atom is 0.244 e. The van der Waals surface area contributed by atoms with Crippen LogP contribution in [0.2, 0.25) is 10.0 Å². The van der Waals surface area contributed by atoms with E-state index in [1.807, 2.05) is 6.92 Å². The number of nitrogens with zero attached hydrogens (tertiary/aromatic N) is 1. The van der Waals surface area contributed by atoms with Crippen molar-refractivity contribution in [2.24, 2.45) is 5.92 Å². The predicted molar refractivity (Wildman–Crippen MR) is 127 cm³/mol. The average molecular weight is 534 g/mol. The summed E-state index contributed by atoms with van der Waals surface area (Å²) in [5.74, 6) is -0.595. The Morgan fingerprint density at radius 1 is 1.00 bits per heavy atom. The van der Waals surface area contributed by atoms with Crippen LogP contribution in [0.15, 0.2) is 52.3 Å². The molecule has 2 N–H and O–H groups in total. The number of rotatable bonds is 8. The highest BCUT2D eigenvalue weighted by Gasteiger charge is 2.33. The zero-order valence-corrected chi connectivity index (χ0v) is 21.1. The lowest BCUT2D eigenvalue weighted by Gasteiger charge is -2.30. The Labute approximate surface area is 204 Å². The van der Waals surface area contributed by atoms with Gasteiger partial charge in [-0.1, -0.05) is 40.9 Å². The molecule has 0 unspecified atom stereocenters. The van der Waals surface area contributed by atoms with Gasteiger partial charge in [-0.15, -0.1) is 0 Å². The smallest absolute Gasteiger partial charge is 0.244 e. The van der Waals surface area contributed by atoms with E-state index in [0.717, 1.165) is 5.56 Å². The summed E-state index contributed by atoms with van der Waals surface area (Å²) in [6, 6.07) is 10.7. The molecule has 0 aromatic heterocycles. The number of halogens is 2. The largest absolute Gasteiger partial charge is 0.355 e. The molecule has 0 spiro atoms. The lowest BCUT2D eigenvalue weighted by Crippen LogP contribution is -2.44. The van der Waals surface area contributed by atoms with Gasteiger partial charge in [-0.05, 0) is 50.1 Å². The summed E-state index contributed by atoms with van der Waals surface area (Å²) < 4.78 is 54.1. The molecule has 2 aromatic carbocycles. The van der Waals surface area contributed by atoms with Crippen LogP contribution in [0.5, 0.6) is 0 Å². The maximum absolute atomic E-state index is 12.9. The molecule has 1 aliphatic rings. The molecule has 3 rings (SSSR count). The summed E-state index contributed by atoms with van der Waals surface area (Å²) in [7, 11) is -7.47. The van der Waals surface area contributed by atoms with Crippen molar-refractivity contribution in [3.05, 3.63) is 58.1 Å². The van der Waals surface area contributed by atoms with Gasteiger partial charge < -0.3 is 5.32 Å². The number of amides is 1. The van der Waals surface area contributed by atoms with Crippen molar-refractivity contribution in [1.29, 1.82) is 0 Å². The van der Waals surface area contributed by atoms with E-state index in [4.69, 9.17) is 23.2 Å². The number of piperidine rings is 1. The SMILES string of the molecule is Cc1ccc(S(=O)(=O)NCCNC(=O)C2CCN(S(=O)(=O)c3cc(Cl)ccc3Cl)CC2)cc1. The number of carbonyl (C=O) groups is 1. The van der Waals surface area contributed by atoms with Gasteiger partial charge in [0.05, 0.1) is 9.92 Å². The maximum atomic E-state index is 12.9. The van der Waals surface area contributed by atoms with Crippen LogP contribution in [0.3, 0.4) is 0 Å². The first-order valence-electron chi connectivity index (χ1n) is 10.3. The van der Waals surface area contributed by atoms with Crippen molar-refractivity contribution >= 4 is 49.2 Å². The summed E-state index contributed by atoms with van der Waals surface area (Å²) in [6.45, 7) is 2.38. The van der Waals surface area contributed by atoms with Crippen LogP contribution in [-0.4, -0.2) is 53.2 Å². The second-order valence-corrected chi connectivity index (χ2v) is 12.3. The number of hydrogen-bond donors (Lipinski definition) is 2. The molecule has 8 nitrogen and oxygen atoms in total. The Kier molecular flexibility index (Phi) is 8.41. The van der Waals surface area contributed by atoms with Gasteiger partial charge in [-0.3, -0.25) is 4.79 Å². The molecule has 1 saturated heterocycles. The molecule has 0 bridgehead atoms. The first-order chi connectivity index (χ1) is 15.5. The average Bonchev–Trinajstić information content (AvgIpc) is 2.78. The monoisotopic (exact) mass is 533 g/mol. The Morgan fingerprint density at radius 2 is 1.64 bits per heavy atom. The van der Waals surface area contributed by atoms with E-state index < -0.39 is 20.0 Å². The molecule has 1 aliphatic heterocycles. The van der Waals surface area contributed by atoms with Gasteiger partial charge in [0.15, 0.2) is 0 Å². The van der Waals surface area contributed by atoms with Crippen molar-refractivity contribution in [1.82, 2.24) is 14.3 Å². The minimum atomic E-state index is -3.82. The zero-order valence-electron chi connectivity index (χ0n) is 17.9. The van der Waals surface area contributed by atoms with Gasteiger partial charge in [0.2, 0.25) is 26.0 Å². The van der Waals surface area contributed by atoms with Crippen LogP contribution in [0, 0.1) is 12.8 Å². The third-order valence-electron chi connectivity index (χ3n) is 5.38. The lowest BCUT2D eigenvalue weighted by molar-refractivity contribution is -0.126. The van der Waals surface area contributed by atoms with E-state index in [2.05, 4.69) is 10.0 Å². The second-order valence-electron chi connectivity index (χ2n) is 7.75. The molecule has 1 fully saturated rings. The summed E-state index contributed by atoms with van der Waals surface area (Å²) >= 11 is 12.0. The molecule has 2 aromatic rings. The van der Waals surface area contributed by atoms with Crippen LogP contribution in [0.1, 0.15) is 18.4 Å². The predicted octanol–water partition coefficient (Wildman–Crippen LogP) is 2.80. The van der Waals surface area contributed by atoms with E-state index >= 15 is 0 Å². The van der Waals surface area contributed by atoms with Crippen molar-refractivity contribution in [2.75, 3.05) is 26.2 Å². The van der Waals surface area contributed by atoms with Crippen LogP contribution >= 0.6 is 23.2 Å². The summed E-state index contributed by atoms with van der Waals surface area (Å²) in [5.41, 5.74) is 0.954. The minimum absolute atomic E-state index is 0.0441. The molecule has 0 radical (unpaired) electrons. The Hall–Kier alpha value is -1.69. The molecule has 0 aliphatic carbocycles. The normalized spacial score (nSPS) is 16.0. The Balaban J connectivity index is 1.47. The zero-order chi connectivity index (χ0) is 24.2. The third-order valence-corrected chi connectivity index (χ3v) is 9.48. The summed E-state index contributed by atoms with van der Waals surface area (Å²) in [4.78, 5) is 12.6. The number of aryl methyl sites for hydroxylation is 1. The molecular formula is C21H25Cl2N3O5S2. The topological polar surface area (TPSA) is 113 Å². The molecule has 180 valence electrons. The summed E-state index contributed by atoms with van der Waals surface area (Å²) in [6.07, 6.45) is 0.691. The van der Waals surface area contributed by atoms with Crippen LogP contribution < -0.4 is 10.0 Å². The molecule has 1 amide bonds. The van der Waals surface area contributed by atoms with Crippen LogP contribution in [0.4, 0.5) is 0 Å². The van der Waals surface area contributed by atoms with Crippen molar-refractivity contribution in [3.8, 4) is 0 Å². The molecule has 33 heavy (non-hydrogen) atoms. The van der Waals surface area contributed by atoms with Crippen molar-refractivity contribution < 1.29 is 21.6 Å². The number of sulfonamides is 2. The molecule has 1 heterocycles. The van der Waals surface area contributed by atoms with E-state index in [1.165, 1.54) is 34.6 Å². The molecular weight excluding hydrogens is 509 g/mol. The quantitative estimate of drug-likeness (QED) is 0.506. The number of nitrogens with one attached hydrogen (secondary N) is 2. The van der Waals surface area contributed by atoms with Gasteiger partial charge in [-0.2, -0.15) is 4.31 Å². The number of hydrogen-bond acceptors (Lipinski definition) is 5. The lowest BCUT2D eigenvalue weighted by atomic mass is 9.97. The fourth-order valence-electron chi connectivity index (χ4n) is 3.49. The molecule has 0 saturated carbocycles. The highest BCUT2D eigenvalue weighted by molar-refractivity contribution is 7.89. The van der Waals surface area contributed by atoms with Gasteiger partial charge in [0, 0.05) is 37.1 Å². The van der Waals surface area contributed by atoms with E-state index in [9.17, 15) is 21.6 Å².